The number of hydrogen-bond acceptors (Lipinski definition) is 10. The van der Waals surface area contributed by atoms with Crippen LogP contribution in [0.2, 0.25) is 0 Å². The fourth-order valence-corrected chi connectivity index (χ4v) is 6.23. The third kappa shape index (κ3) is 3.71. The zero-order chi connectivity index (χ0) is 21.4. The van der Waals surface area contributed by atoms with Gasteiger partial charge in [-0.3, -0.25) is 19.7 Å². The van der Waals surface area contributed by atoms with Crippen LogP contribution in [0.1, 0.15) is 4.88 Å². The highest BCUT2D eigenvalue weighted by Gasteiger charge is 2.57. The first-order chi connectivity index (χ1) is 14.4. The van der Waals surface area contributed by atoms with Crippen molar-refractivity contribution in [2.75, 3.05) is 11.5 Å². The standard InChI is InChI=1S/C16H16N6O5S3/c1-20-16(17-18-19-20)30-7-8-6-29-14-12(13(24)21(14)11(8)15(25)26)22(27)10(23)5-9-3-2-4-28-9/h2-4,12,14,27H,5-7H2,1H3,(H,25,26)/t12?,14-/m1/s1. The molecule has 0 aromatic carbocycles. The molecule has 2 aromatic rings. The van der Waals surface area contributed by atoms with Gasteiger partial charge in [-0.2, -0.15) is 0 Å². The number of rotatable bonds is 7. The van der Waals surface area contributed by atoms with Crippen molar-refractivity contribution < 1.29 is 24.7 Å². The van der Waals surface area contributed by atoms with Gasteiger partial charge in [0.2, 0.25) is 5.16 Å². The van der Waals surface area contributed by atoms with Gasteiger partial charge in [0.15, 0.2) is 6.04 Å². The number of carbonyl (C=O) groups is 3. The van der Waals surface area contributed by atoms with E-state index in [1.54, 1.807) is 19.2 Å². The van der Waals surface area contributed by atoms with Crippen LogP contribution < -0.4 is 0 Å². The largest absolute Gasteiger partial charge is 0.477 e. The predicted octanol–water partition coefficient (Wildman–Crippen LogP) is 0.447. The van der Waals surface area contributed by atoms with Gasteiger partial charge in [-0.15, -0.1) is 28.2 Å². The number of thiophene rings is 1. The fraction of sp³-hybridized carbons (Fsp3) is 0.375. The van der Waals surface area contributed by atoms with Gasteiger partial charge in [0.25, 0.3) is 11.8 Å². The highest BCUT2D eigenvalue weighted by Crippen LogP contribution is 2.43. The van der Waals surface area contributed by atoms with Crippen LogP contribution in [0.15, 0.2) is 33.9 Å². The zero-order valence-electron chi connectivity index (χ0n) is 15.5. The molecule has 0 saturated carbocycles. The minimum absolute atomic E-state index is 0.0232. The number of thioether (sulfide) groups is 2. The van der Waals surface area contributed by atoms with E-state index in [4.69, 9.17) is 0 Å². The molecule has 2 aliphatic rings. The molecular weight excluding hydrogens is 452 g/mol. The maximum Gasteiger partial charge on any atom is 0.352 e. The third-order valence-electron chi connectivity index (χ3n) is 4.60. The van der Waals surface area contributed by atoms with Gasteiger partial charge in [0, 0.05) is 23.4 Å². The summed E-state index contributed by atoms with van der Waals surface area (Å²) in [5.41, 5.74) is 0.444. The first-order valence-electron chi connectivity index (χ1n) is 8.67. The lowest BCUT2D eigenvalue weighted by molar-refractivity contribution is -0.197. The molecular formula is C16H16N6O5S3. The molecule has 4 rings (SSSR count). The van der Waals surface area contributed by atoms with Crippen LogP contribution in [-0.2, 0) is 27.9 Å². The summed E-state index contributed by atoms with van der Waals surface area (Å²) < 4.78 is 1.47. The van der Waals surface area contributed by atoms with E-state index < -0.39 is 29.2 Å². The zero-order valence-corrected chi connectivity index (χ0v) is 18.0. The fourth-order valence-electron chi connectivity index (χ4n) is 3.16. The van der Waals surface area contributed by atoms with Crippen molar-refractivity contribution in [3.05, 3.63) is 33.7 Å². The van der Waals surface area contributed by atoms with E-state index in [1.165, 1.54) is 39.5 Å². The molecule has 30 heavy (non-hydrogen) atoms. The number of carboxylic acids is 1. The molecule has 14 heteroatoms. The topological polar surface area (TPSA) is 142 Å². The number of aromatic nitrogens is 4. The van der Waals surface area contributed by atoms with Crippen LogP contribution in [0, 0.1) is 0 Å². The van der Waals surface area contributed by atoms with E-state index in [0.29, 0.717) is 27.3 Å². The Morgan fingerprint density at radius 1 is 1.43 bits per heavy atom. The van der Waals surface area contributed by atoms with Crippen LogP contribution >= 0.6 is 34.9 Å². The average molecular weight is 469 g/mol. The molecule has 2 amide bonds. The lowest BCUT2D eigenvalue weighted by Gasteiger charge is -2.51. The number of tetrazole rings is 1. The molecule has 158 valence electrons. The van der Waals surface area contributed by atoms with Gasteiger partial charge in [-0.25, -0.2) is 14.5 Å². The molecule has 2 aromatic heterocycles. The molecule has 11 nitrogen and oxygen atoms in total. The summed E-state index contributed by atoms with van der Waals surface area (Å²) in [5, 5.41) is 33.3. The Labute approximate surface area is 182 Å². The molecule has 0 aliphatic carbocycles. The summed E-state index contributed by atoms with van der Waals surface area (Å²) in [7, 11) is 1.67. The number of nitrogens with zero attached hydrogens (tertiary/aromatic N) is 6. The number of carbonyl (C=O) groups excluding carboxylic acids is 2. The molecule has 2 N–H and O–H groups in total. The van der Waals surface area contributed by atoms with Crippen molar-refractivity contribution in [3.8, 4) is 0 Å². The molecule has 1 unspecified atom stereocenters. The Balaban J connectivity index is 1.49. The summed E-state index contributed by atoms with van der Waals surface area (Å²) in [6, 6.07) is 2.46. The highest BCUT2D eigenvalue weighted by molar-refractivity contribution is 8.01. The lowest BCUT2D eigenvalue weighted by Crippen LogP contribution is -2.71. The Hall–Kier alpha value is -2.42. The van der Waals surface area contributed by atoms with E-state index in [-0.39, 0.29) is 12.1 Å². The molecule has 1 saturated heterocycles. The Kier molecular flexibility index (Phi) is 5.81. The third-order valence-corrected chi connectivity index (χ3v) is 7.90. The van der Waals surface area contributed by atoms with Gasteiger partial charge >= 0.3 is 5.97 Å². The van der Waals surface area contributed by atoms with Gasteiger partial charge < -0.3 is 5.11 Å². The van der Waals surface area contributed by atoms with Crippen molar-refractivity contribution in [2.45, 2.75) is 23.0 Å². The quantitative estimate of drug-likeness (QED) is 0.254. The number of aliphatic carboxylic acids is 1. The second-order valence-electron chi connectivity index (χ2n) is 6.48. The first-order valence-corrected chi connectivity index (χ1v) is 11.6. The molecule has 0 spiro atoms. The number of carboxylic acid groups (broad SMARTS) is 1. The minimum Gasteiger partial charge on any atom is -0.477 e. The second-order valence-corrected chi connectivity index (χ2v) is 9.56. The maximum atomic E-state index is 12.7. The minimum atomic E-state index is -1.23. The molecule has 2 aliphatic heterocycles. The van der Waals surface area contributed by atoms with Crippen molar-refractivity contribution in [3.63, 3.8) is 0 Å². The molecule has 4 heterocycles. The number of aryl methyl sites for hydroxylation is 1. The van der Waals surface area contributed by atoms with Gasteiger partial charge in [-0.1, -0.05) is 17.8 Å². The normalized spacial score (nSPS) is 20.7. The van der Waals surface area contributed by atoms with Crippen LogP contribution in [0.3, 0.4) is 0 Å². The molecule has 0 radical (unpaired) electrons. The highest BCUT2D eigenvalue weighted by atomic mass is 32.2. The Morgan fingerprint density at radius 2 is 2.23 bits per heavy atom. The van der Waals surface area contributed by atoms with E-state index in [1.807, 2.05) is 5.38 Å². The first kappa shape index (κ1) is 20.8. The number of fused-ring (bicyclic) bond motifs is 1. The van der Waals surface area contributed by atoms with Gasteiger partial charge in [-0.05, 0) is 27.4 Å². The maximum absolute atomic E-state index is 12.7. The van der Waals surface area contributed by atoms with Crippen molar-refractivity contribution in [1.82, 2.24) is 30.2 Å². The van der Waals surface area contributed by atoms with E-state index >= 15 is 0 Å². The van der Waals surface area contributed by atoms with Crippen molar-refractivity contribution >= 4 is 52.6 Å². The van der Waals surface area contributed by atoms with Crippen LogP contribution in [0.5, 0.6) is 0 Å². The SMILES string of the molecule is Cn1nnnc1SCC1=C(C(=O)O)N2C(=O)C(N(O)C(=O)Cc3cccs3)[C@H]2SC1. The number of amides is 2. The van der Waals surface area contributed by atoms with Gasteiger partial charge in [0.05, 0.1) is 6.42 Å². The smallest absolute Gasteiger partial charge is 0.352 e. The monoisotopic (exact) mass is 468 g/mol. The van der Waals surface area contributed by atoms with Crippen molar-refractivity contribution in [2.24, 2.45) is 7.05 Å². The van der Waals surface area contributed by atoms with E-state index in [0.717, 1.165) is 9.78 Å². The molecule has 2 atom stereocenters. The predicted molar refractivity (Wildman–Crippen MR) is 108 cm³/mol. The van der Waals surface area contributed by atoms with Gasteiger partial charge in [0.1, 0.15) is 11.1 Å². The average Bonchev–Trinajstić information content (AvgIpc) is 3.37. The Morgan fingerprint density at radius 3 is 2.87 bits per heavy atom. The second kappa shape index (κ2) is 8.37. The molecule has 0 bridgehead atoms. The number of β-lactam (4-membered cyclic amide) rings is 1. The summed E-state index contributed by atoms with van der Waals surface area (Å²) in [5.74, 6) is -1.81. The van der Waals surface area contributed by atoms with Crippen LogP contribution in [0.4, 0.5) is 0 Å². The lowest BCUT2D eigenvalue weighted by atomic mass is 10.0. The summed E-state index contributed by atoms with van der Waals surface area (Å²) in [4.78, 5) is 38.9. The van der Waals surface area contributed by atoms with E-state index in [2.05, 4.69) is 15.5 Å². The van der Waals surface area contributed by atoms with E-state index in [9.17, 15) is 24.7 Å². The number of hydroxylamine groups is 2. The van der Waals surface area contributed by atoms with Crippen LogP contribution in [0.25, 0.3) is 0 Å². The molecule has 1 fully saturated rings. The Bertz CT molecular complexity index is 1020. The van der Waals surface area contributed by atoms with Crippen LogP contribution in [-0.4, -0.2) is 81.2 Å². The summed E-state index contributed by atoms with van der Waals surface area (Å²) >= 11 is 3.95. The summed E-state index contributed by atoms with van der Waals surface area (Å²) in [6.45, 7) is 0. The summed E-state index contributed by atoms with van der Waals surface area (Å²) in [6.07, 6.45) is -0.0232. The number of hydrogen-bond donors (Lipinski definition) is 2. The van der Waals surface area contributed by atoms with Crippen molar-refractivity contribution in [1.29, 1.82) is 0 Å².